The van der Waals surface area contributed by atoms with E-state index in [1.54, 1.807) is 4.90 Å². The molecule has 2 aromatic rings. The number of hydrogen-bond acceptors (Lipinski definition) is 4. The van der Waals surface area contributed by atoms with Gasteiger partial charge in [-0.3, -0.25) is 9.69 Å². The highest BCUT2D eigenvalue weighted by molar-refractivity contribution is 7.17. The summed E-state index contributed by atoms with van der Waals surface area (Å²) in [5, 5.41) is 2.58. The Labute approximate surface area is 164 Å². The van der Waals surface area contributed by atoms with Crippen LogP contribution in [0.1, 0.15) is 27.2 Å². The molecule has 0 unspecified atom stereocenters. The lowest BCUT2D eigenvalue weighted by atomic mass is 10.1. The van der Waals surface area contributed by atoms with Crippen LogP contribution in [0.15, 0.2) is 30.5 Å². The average Bonchev–Trinajstić information content (AvgIpc) is 3.23. The van der Waals surface area contributed by atoms with Crippen LogP contribution in [0, 0.1) is 6.92 Å². The molecule has 0 atom stereocenters. The third-order valence-electron chi connectivity index (χ3n) is 4.36. The molecule has 1 N–H and O–H groups in total. The van der Waals surface area contributed by atoms with Gasteiger partial charge in [-0.05, 0) is 18.1 Å². The smallest absolute Gasteiger partial charge is 0.351 e. The molecule has 10 heteroatoms. The number of amides is 3. The van der Waals surface area contributed by atoms with Gasteiger partial charge in [-0.1, -0.05) is 35.6 Å². The Kier molecular flexibility index (Phi) is 5.87. The van der Waals surface area contributed by atoms with Crippen molar-refractivity contribution in [1.29, 1.82) is 0 Å². The van der Waals surface area contributed by atoms with Gasteiger partial charge in [0.15, 0.2) is 5.13 Å². The minimum atomic E-state index is -4.32. The number of nitrogens with one attached hydrogen (secondary N) is 1. The van der Waals surface area contributed by atoms with Crippen molar-refractivity contribution in [2.75, 3.05) is 24.5 Å². The zero-order valence-electron chi connectivity index (χ0n) is 15.1. The summed E-state index contributed by atoms with van der Waals surface area (Å²) >= 11 is 0.985. The zero-order valence-corrected chi connectivity index (χ0v) is 15.9. The highest BCUT2D eigenvalue weighted by atomic mass is 32.1. The van der Waals surface area contributed by atoms with E-state index >= 15 is 0 Å². The minimum Gasteiger partial charge on any atom is -0.351 e. The summed E-state index contributed by atoms with van der Waals surface area (Å²) in [4.78, 5) is 32.1. The highest BCUT2D eigenvalue weighted by Crippen LogP contribution is 2.27. The summed E-state index contributed by atoms with van der Waals surface area (Å²) in [6.07, 6.45) is -4.14. The molecule has 1 fully saturated rings. The Morgan fingerprint density at radius 1 is 1.29 bits per heavy atom. The summed E-state index contributed by atoms with van der Waals surface area (Å²) in [6, 6.07) is 7.61. The topological polar surface area (TPSA) is 65.5 Å². The summed E-state index contributed by atoms with van der Waals surface area (Å²) in [5.41, 5.74) is 2.15. The standard InChI is InChI=1S/C18H19F3N4O2S/c1-12-4-2-3-5-13(12)11-24-8-9-25(17(24)27)16-23-10-14(28-16)15(26)22-7-6-18(19,20)21/h2-5,10H,6-9,11H2,1H3,(H,22,26). The number of thiazole rings is 1. The third kappa shape index (κ3) is 4.80. The molecule has 1 aromatic carbocycles. The van der Waals surface area contributed by atoms with E-state index in [4.69, 9.17) is 0 Å². The Bertz CT molecular complexity index is 869. The number of carbonyl (C=O) groups is 2. The number of alkyl halides is 3. The number of urea groups is 1. The van der Waals surface area contributed by atoms with E-state index in [2.05, 4.69) is 10.3 Å². The van der Waals surface area contributed by atoms with Gasteiger partial charge in [0.1, 0.15) is 4.88 Å². The van der Waals surface area contributed by atoms with Crippen molar-refractivity contribution in [3.05, 3.63) is 46.5 Å². The minimum absolute atomic E-state index is 0.169. The van der Waals surface area contributed by atoms with E-state index in [9.17, 15) is 22.8 Å². The lowest BCUT2D eigenvalue weighted by molar-refractivity contribution is -0.132. The maximum Gasteiger partial charge on any atom is 0.390 e. The van der Waals surface area contributed by atoms with Gasteiger partial charge >= 0.3 is 12.2 Å². The van der Waals surface area contributed by atoms with Crippen molar-refractivity contribution in [3.8, 4) is 0 Å². The van der Waals surface area contributed by atoms with Crippen molar-refractivity contribution < 1.29 is 22.8 Å². The van der Waals surface area contributed by atoms with Crippen LogP contribution in [-0.4, -0.2) is 47.6 Å². The van der Waals surface area contributed by atoms with Gasteiger partial charge in [0.05, 0.1) is 12.6 Å². The summed E-state index contributed by atoms with van der Waals surface area (Å²) in [6.45, 7) is 2.94. The molecule has 3 amide bonds. The van der Waals surface area contributed by atoms with Crippen molar-refractivity contribution in [3.63, 3.8) is 0 Å². The number of carbonyl (C=O) groups excluding carboxylic acids is 2. The van der Waals surface area contributed by atoms with E-state index in [0.717, 1.165) is 22.5 Å². The van der Waals surface area contributed by atoms with Crippen LogP contribution >= 0.6 is 11.3 Å². The SMILES string of the molecule is Cc1ccccc1CN1CCN(c2ncc(C(=O)NCCC(F)(F)F)s2)C1=O. The van der Waals surface area contributed by atoms with E-state index in [0.29, 0.717) is 24.8 Å². The first kappa shape index (κ1) is 20.1. The lowest BCUT2D eigenvalue weighted by Crippen LogP contribution is -2.31. The zero-order chi connectivity index (χ0) is 20.3. The van der Waals surface area contributed by atoms with Crippen molar-refractivity contribution >= 4 is 28.4 Å². The first-order valence-electron chi connectivity index (χ1n) is 8.66. The average molecular weight is 412 g/mol. The van der Waals surface area contributed by atoms with Crippen LogP contribution < -0.4 is 10.2 Å². The Morgan fingerprint density at radius 3 is 2.75 bits per heavy atom. The molecule has 1 aromatic heterocycles. The monoisotopic (exact) mass is 412 g/mol. The molecule has 0 saturated carbocycles. The maximum absolute atomic E-state index is 12.7. The van der Waals surface area contributed by atoms with Gasteiger partial charge in [0.25, 0.3) is 5.91 Å². The van der Waals surface area contributed by atoms with Crippen molar-refractivity contribution in [2.45, 2.75) is 26.1 Å². The predicted octanol–water partition coefficient (Wildman–Crippen LogP) is 3.58. The molecule has 1 aliphatic heterocycles. The van der Waals surface area contributed by atoms with Gasteiger partial charge in [-0.25, -0.2) is 9.78 Å². The predicted molar refractivity (Wildman–Crippen MR) is 99.5 cm³/mol. The quantitative estimate of drug-likeness (QED) is 0.789. The molecular weight excluding hydrogens is 393 g/mol. The fourth-order valence-electron chi connectivity index (χ4n) is 2.80. The summed E-state index contributed by atoms with van der Waals surface area (Å²) < 4.78 is 36.5. The van der Waals surface area contributed by atoms with Gasteiger partial charge in [-0.15, -0.1) is 0 Å². The van der Waals surface area contributed by atoms with Crippen LogP contribution in [0.25, 0.3) is 0 Å². The number of anilines is 1. The Balaban J connectivity index is 1.60. The van der Waals surface area contributed by atoms with Crippen LogP contribution in [0.4, 0.5) is 23.1 Å². The fraction of sp³-hybridized carbons (Fsp3) is 0.389. The molecule has 150 valence electrons. The first-order chi connectivity index (χ1) is 13.2. The molecule has 0 spiro atoms. The van der Waals surface area contributed by atoms with E-state index in [-0.39, 0.29) is 10.9 Å². The number of aryl methyl sites for hydroxylation is 1. The van der Waals surface area contributed by atoms with Crippen molar-refractivity contribution in [1.82, 2.24) is 15.2 Å². The normalized spacial score (nSPS) is 14.6. The lowest BCUT2D eigenvalue weighted by Gasteiger charge is -2.18. The molecule has 0 bridgehead atoms. The maximum atomic E-state index is 12.7. The second-order valence-corrected chi connectivity index (χ2v) is 7.42. The number of halogens is 3. The van der Waals surface area contributed by atoms with E-state index < -0.39 is 25.0 Å². The van der Waals surface area contributed by atoms with E-state index in [1.165, 1.54) is 11.1 Å². The fourth-order valence-corrected chi connectivity index (χ4v) is 3.65. The number of nitrogens with zero attached hydrogens (tertiary/aromatic N) is 3. The van der Waals surface area contributed by atoms with Crippen LogP contribution in [0.3, 0.4) is 0 Å². The summed E-state index contributed by atoms with van der Waals surface area (Å²) in [5.74, 6) is -0.628. The molecule has 1 saturated heterocycles. The number of aromatic nitrogens is 1. The first-order valence-corrected chi connectivity index (χ1v) is 9.48. The largest absolute Gasteiger partial charge is 0.390 e. The Morgan fingerprint density at radius 2 is 2.04 bits per heavy atom. The molecule has 3 rings (SSSR count). The number of rotatable bonds is 6. The van der Waals surface area contributed by atoms with Crippen LogP contribution in [-0.2, 0) is 6.54 Å². The molecule has 0 aliphatic carbocycles. The summed E-state index contributed by atoms with van der Waals surface area (Å²) in [7, 11) is 0. The molecule has 2 heterocycles. The van der Waals surface area contributed by atoms with Crippen LogP contribution in [0.5, 0.6) is 0 Å². The van der Waals surface area contributed by atoms with Gasteiger partial charge < -0.3 is 10.2 Å². The second-order valence-electron chi connectivity index (χ2n) is 6.41. The molecular formula is C18H19F3N4O2S. The number of benzene rings is 1. The van der Waals surface area contributed by atoms with Gasteiger partial charge in [-0.2, -0.15) is 13.2 Å². The number of hydrogen-bond donors (Lipinski definition) is 1. The Hall–Kier alpha value is -2.62. The van der Waals surface area contributed by atoms with Crippen molar-refractivity contribution in [2.24, 2.45) is 0 Å². The van der Waals surface area contributed by atoms with Crippen LogP contribution in [0.2, 0.25) is 0 Å². The second kappa shape index (κ2) is 8.17. The molecule has 6 nitrogen and oxygen atoms in total. The molecule has 1 aliphatic rings. The molecule has 28 heavy (non-hydrogen) atoms. The third-order valence-corrected chi connectivity index (χ3v) is 5.38. The van der Waals surface area contributed by atoms with E-state index in [1.807, 2.05) is 31.2 Å². The molecule has 0 radical (unpaired) electrons. The highest BCUT2D eigenvalue weighted by Gasteiger charge is 2.32. The van der Waals surface area contributed by atoms with Gasteiger partial charge in [0, 0.05) is 26.2 Å². The van der Waals surface area contributed by atoms with Gasteiger partial charge in [0.2, 0.25) is 0 Å².